The van der Waals surface area contributed by atoms with Gasteiger partial charge in [-0.15, -0.1) is 5.10 Å². The van der Waals surface area contributed by atoms with Gasteiger partial charge in [-0.3, -0.25) is 4.57 Å². The SMILES string of the molecule is Cn1c(SCC(CS)c2ccccc2)n[nH]c1=O. The number of aromatic nitrogens is 3. The van der Waals surface area contributed by atoms with Crippen molar-refractivity contribution in [3.05, 3.63) is 46.4 Å². The predicted molar refractivity (Wildman–Crippen MR) is 77.6 cm³/mol. The number of nitrogens with zero attached hydrogens (tertiary/aromatic N) is 2. The molecule has 1 aromatic heterocycles. The maximum Gasteiger partial charge on any atom is 0.343 e. The largest absolute Gasteiger partial charge is 0.343 e. The first-order chi connectivity index (χ1) is 8.72. The fourth-order valence-electron chi connectivity index (χ4n) is 1.62. The maximum absolute atomic E-state index is 11.2. The molecule has 2 rings (SSSR count). The Kier molecular flexibility index (Phi) is 4.54. The van der Waals surface area contributed by atoms with Gasteiger partial charge in [0, 0.05) is 18.7 Å². The van der Waals surface area contributed by atoms with Crippen LogP contribution in [0.3, 0.4) is 0 Å². The molecule has 0 radical (unpaired) electrons. The van der Waals surface area contributed by atoms with Crippen LogP contribution >= 0.6 is 24.4 Å². The second kappa shape index (κ2) is 6.15. The lowest BCUT2D eigenvalue weighted by molar-refractivity contribution is 0.763. The van der Waals surface area contributed by atoms with Gasteiger partial charge in [0.05, 0.1) is 0 Å². The van der Waals surface area contributed by atoms with Gasteiger partial charge in [0.25, 0.3) is 0 Å². The number of thioether (sulfide) groups is 1. The number of nitrogens with one attached hydrogen (secondary N) is 1. The Balaban J connectivity index is 2.04. The number of aromatic amines is 1. The molecular weight excluding hydrogens is 266 g/mol. The van der Waals surface area contributed by atoms with Crippen LogP contribution in [-0.4, -0.2) is 26.3 Å². The summed E-state index contributed by atoms with van der Waals surface area (Å²) in [5.74, 6) is 1.98. The van der Waals surface area contributed by atoms with Crippen LogP contribution in [0, 0.1) is 0 Å². The van der Waals surface area contributed by atoms with Gasteiger partial charge in [0.2, 0.25) is 0 Å². The Bertz CT molecular complexity index is 550. The van der Waals surface area contributed by atoms with Gasteiger partial charge < -0.3 is 0 Å². The molecule has 4 nitrogen and oxygen atoms in total. The van der Waals surface area contributed by atoms with Crippen molar-refractivity contribution in [2.24, 2.45) is 7.05 Å². The van der Waals surface area contributed by atoms with Gasteiger partial charge in [-0.2, -0.15) is 12.6 Å². The maximum atomic E-state index is 11.2. The fraction of sp³-hybridized carbons (Fsp3) is 0.333. The summed E-state index contributed by atoms with van der Waals surface area (Å²) >= 11 is 5.96. The number of hydrogen-bond donors (Lipinski definition) is 2. The molecule has 1 aromatic carbocycles. The minimum absolute atomic E-state index is 0.181. The van der Waals surface area contributed by atoms with Crippen molar-refractivity contribution in [1.29, 1.82) is 0 Å². The molecule has 0 aliphatic heterocycles. The molecular formula is C12H15N3OS2. The van der Waals surface area contributed by atoms with Gasteiger partial charge in [-0.1, -0.05) is 42.1 Å². The second-order valence-corrected chi connectivity index (χ2v) is 5.32. The van der Waals surface area contributed by atoms with Crippen LogP contribution in [0.15, 0.2) is 40.3 Å². The smallest absolute Gasteiger partial charge is 0.273 e. The van der Waals surface area contributed by atoms with E-state index in [-0.39, 0.29) is 5.69 Å². The fourth-order valence-corrected chi connectivity index (χ4v) is 3.18. The summed E-state index contributed by atoms with van der Waals surface area (Å²) in [5.41, 5.74) is 1.08. The Morgan fingerprint density at radius 1 is 1.44 bits per heavy atom. The Morgan fingerprint density at radius 3 is 2.72 bits per heavy atom. The highest BCUT2D eigenvalue weighted by Crippen LogP contribution is 2.25. The molecule has 1 heterocycles. The number of benzene rings is 1. The summed E-state index contributed by atoms with van der Waals surface area (Å²) in [6, 6.07) is 10.3. The van der Waals surface area contributed by atoms with Crippen molar-refractivity contribution in [3.63, 3.8) is 0 Å². The first-order valence-electron chi connectivity index (χ1n) is 5.62. The average molecular weight is 281 g/mol. The highest BCUT2D eigenvalue weighted by Gasteiger charge is 2.12. The molecule has 0 saturated heterocycles. The lowest BCUT2D eigenvalue weighted by atomic mass is 10.0. The summed E-state index contributed by atoms with van der Waals surface area (Å²) in [6.07, 6.45) is 0. The number of hydrogen-bond acceptors (Lipinski definition) is 4. The topological polar surface area (TPSA) is 50.7 Å². The molecule has 0 bridgehead atoms. The molecule has 96 valence electrons. The van der Waals surface area contributed by atoms with Crippen LogP contribution in [0.2, 0.25) is 0 Å². The van der Waals surface area contributed by atoms with Gasteiger partial charge in [-0.25, -0.2) is 9.89 Å². The molecule has 0 aliphatic rings. The summed E-state index contributed by atoms with van der Waals surface area (Å²) in [7, 11) is 1.71. The first-order valence-corrected chi connectivity index (χ1v) is 7.24. The van der Waals surface area contributed by atoms with E-state index in [0.29, 0.717) is 11.1 Å². The zero-order valence-corrected chi connectivity index (χ0v) is 11.7. The molecule has 2 aromatic rings. The van der Waals surface area contributed by atoms with Crippen LogP contribution in [0.4, 0.5) is 0 Å². The Morgan fingerprint density at radius 2 is 2.17 bits per heavy atom. The molecule has 0 aliphatic carbocycles. The van der Waals surface area contributed by atoms with Crippen molar-refractivity contribution < 1.29 is 0 Å². The summed E-state index contributed by atoms with van der Waals surface area (Å²) in [5, 5.41) is 7.13. The van der Waals surface area contributed by atoms with E-state index in [2.05, 4.69) is 35.0 Å². The summed E-state index contributed by atoms with van der Waals surface area (Å²) < 4.78 is 1.52. The number of rotatable bonds is 5. The minimum Gasteiger partial charge on any atom is -0.273 e. The van der Waals surface area contributed by atoms with Crippen LogP contribution in [-0.2, 0) is 7.05 Å². The number of H-pyrrole nitrogens is 1. The van der Waals surface area contributed by atoms with Gasteiger partial charge >= 0.3 is 5.69 Å². The van der Waals surface area contributed by atoms with E-state index in [9.17, 15) is 4.79 Å². The third-order valence-electron chi connectivity index (χ3n) is 2.74. The van der Waals surface area contributed by atoms with E-state index in [1.165, 1.54) is 10.1 Å². The van der Waals surface area contributed by atoms with E-state index in [1.807, 2.05) is 18.2 Å². The Hall–Kier alpha value is -1.14. The van der Waals surface area contributed by atoms with E-state index in [0.717, 1.165) is 11.5 Å². The van der Waals surface area contributed by atoms with E-state index >= 15 is 0 Å². The molecule has 6 heteroatoms. The quantitative estimate of drug-likeness (QED) is 0.650. The van der Waals surface area contributed by atoms with Crippen molar-refractivity contribution >= 4 is 24.4 Å². The van der Waals surface area contributed by atoms with E-state index < -0.39 is 0 Å². The van der Waals surface area contributed by atoms with Crippen molar-refractivity contribution in [3.8, 4) is 0 Å². The third-order valence-corrected chi connectivity index (χ3v) is 4.38. The van der Waals surface area contributed by atoms with Crippen LogP contribution in [0.1, 0.15) is 11.5 Å². The summed E-state index contributed by atoms with van der Waals surface area (Å²) in [4.78, 5) is 11.2. The number of thiol groups is 1. The zero-order valence-electron chi connectivity index (χ0n) is 10.0. The minimum atomic E-state index is -0.181. The van der Waals surface area contributed by atoms with Crippen molar-refractivity contribution in [2.75, 3.05) is 11.5 Å². The molecule has 1 atom stereocenters. The van der Waals surface area contributed by atoms with Crippen LogP contribution in [0.25, 0.3) is 0 Å². The molecule has 0 amide bonds. The van der Waals surface area contributed by atoms with Crippen LogP contribution < -0.4 is 5.69 Å². The molecule has 0 saturated carbocycles. The average Bonchev–Trinajstić information content (AvgIpc) is 2.72. The molecule has 0 fully saturated rings. The Labute approximate surface area is 115 Å². The van der Waals surface area contributed by atoms with E-state index in [4.69, 9.17) is 0 Å². The lowest BCUT2D eigenvalue weighted by Gasteiger charge is -2.13. The highest BCUT2D eigenvalue weighted by molar-refractivity contribution is 7.99. The van der Waals surface area contributed by atoms with Gasteiger partial charge in [-0.05, 0) is 11.3 Å². The highest BCUT2D eigenvalue weighted by atomic mass is 32.2. The lowest BCUT2D eigenvalue weighted by Crippen LogP contribution is -2.13. The molecule has 0 spiro atoms. The molecule has 18 heavy (non-hydrogen) atoms. The third kappa shape index (κ3) is 3.00. The van der Waals surface area contributed by atoms with Gasteiger partial charge in [0.15, 0.2) is 5.16 Å². The van der Waals surface area contributed by atoms with Crippen LogP contribution in [0.5, 0.6) is 0 Å². The molecule has 1 unspecified atom stereocenters. The second-order valence-electron chi connectivity index (χ2n) is 3.97. The monoisotopic (exact) mass is 281 g/mol. The van der Waals surface area contributed by atoms with Crippen molar-refractivity contribution in [2.45, 2.75) is 11.1 Å². The zero-order chi connectivity index (χ0) is 13.0. The predicted octanol–water partition coefficient (Wildman–Crippen LogP) is 1.91. The summed E-state index contributed by atoms with van der Waals surface area (Å²) in [6.45, 7) is 0. The van der Waals surface area contributed by atoms with E-state index in [1.54, 1.807) is 18.8 Å². The van der Waals surface area contributed by atoms with Crippen molar-refractivity contribution in [1.82, 2.24) is 14.8 Å². The standard InChI is InChI=1S/C12H15N3OS2/c1-15-11(16)13-14-12(15)18-8-10(7-17)9-5-3-2-4-6-9/h2-6,10,17H,7-8H2,1H3,(H,13,16). The van der Waals surface area contributed by atoms with Gasteiger partial charge in [0.1, 0.15) is 0 Å². The molecule has 1 N–H and O–H groups in total. The first kappa shape index (κ1) is 13.3. The normalized spacial score (nSPS) is 12.6.